The first-order valence-electron chi connectivity index (χ1n) is 9.68. The van der Waals surface area contributed by atoms with Crippen molar-refractivity contribution in [1.29, 1.82) is 0 Å². The zero-order valence-electron chi connectivity index (χ0n) is 16.3. The minimum atomic E-state index is 0.00446. The molecule has 0 aromatic carbocycles. The van der Waals surface area contributed by atoms with Crippen LogP contribution in [0, 0.1) is 12.8 Å². The van der Waals surface area contributed by atoms with Crippen LogP contribution in [0.1, 0.15) is 37.2 Å². The highest BCUT2D eigenvalue weighted by atomic mass is 16.5. The van der Waals surface area contributed by atoms with Crippen molar-refractivity contribution in [2.75, 3.05) is 47.0 Å². The van der Waals surface area contributed by atoms with Gasteiger partial charge in [-0.1, -0.05) is 0 Å². The molecule has 0 radical (unpaired) electrons. The average molecular weight is 364 g/mol. The Morgan fingerprint density at radius 1 is 1.35 bits per heavy atom. The third kappa shape index (κ3) is 4.67. The van der Waals surface area contributed by atoms with E-state index < -0.39 is 0 Å². The number of carbonyl (C=O) groups is 1. The Bertz CT molecular complexity index is 590. The van der Waals surface area contributed by atoms with E-state index in [2.05, 4.69) is 11.0 Å². The number of likely N-dealkylation sites (N-methyl/N-ethyl adjacent to an activating group) is 1. The first kappa shape index (κ1) is 19.4. The van der Waals surface area contributed by atoms with Crippen LogP contribution in [0.25, 0.3) is 0 Å². The van der Waals surface area contributed by atoms with Gasteiger partial charge in [-0.15, -0.1) is 0 Å². The van der Waals surface area contributed by atoms with Crippen LogP contribution in [-0.4, -0.2) is 68.3 Å². The number of hydrogen-bond donors (Lipinski definition) is 0. The van der Waals surface area contributed by atoms with Crippen LogP contribution < -0.4 is 0 Å². The van der Waals surface area contributed by atoms with Crippen LogP contribution >= 0.6 is 0 Å². The lowest BCUT2D eigenvalue weighted by Crippen LogP contribution is -2.47. The Labute approximate surface area is 156 Å². The molecule has 2 aliphatic rings. The van der Waals surface area contributed by atoms with Gasteiger partial charge in [0.15, 0.2) is 0 Å². The molecule has 1 amide bonds. The van der Waals surface area contributed by atoms with Crippen molar-refractivity contribution in [1.82, 2.24) is 9.80 Å². The third-order valence-corrected chi connectivity index (χ3v) is 5.81. The molecule has 1 aromatic rings. The maximum absolute atomic E-state index is 11.6. The molecule has 0 saturated carbocycles. The number of aryl methyl sites for hydroxylation is 1. The lowest BCUT2D eigenvalue weighted by Gasteiger charge is -2.42. The van der Waals surface area contributed by atoms with Crippen molar-refractivity contribution in [2.24, 2.45) is 5.92 Å². The molecule has 0 N–H and O–H groups in total. The number of rotatable bonds is 7. The van der Waals surface area contributed by atoms with Gasteiger partial charge in [0.05, 0.1) is 12.1 Å². The van der Waals surface area contributed by atoms with Crippen LogP contribution in [0.2, 0.25) is 0 Å². The smallest absolute Gasteiger partial charge is 0.248 e. The molecule has 1 aromatic heterocycles. The fraction of sp³-hybridized carbons (Fsp3) is 0.750. The summed E-state index contributed by atoms with van der Waals surface area (Å²) in [5.74, 6) is 2.57. The summed E-state index contributed by atoms with van der Waals surface area (Å²) in [4.78, 5) is 15.6. The van der Waals surface area contributed by atoms with E-state index in [-0.39, 0.29) is 18.1 Å². The van der Waals surface area contributed by atoms with Gasteiger partial charge in [-0.05, 0) is 50.7 Å². The highest BCUT2D eigenvalue weighted by Crippen LogP contribution is 2.42. The summed E-state index contributed by atoms with van der Waals surface area (Å²) in [5.41, 5.74) is 0.00446. The molecule has 2 aliphatic heterocycles. The van der Waals surface area contributed by atoms with Crippen molar-refractivity contribution in [3.05, 3.63) is 23.7 Å². The van der Waals surface area contributed by atoms with E-state index in [1.165, 1.54) is 0 Å². The van der Waals surface area contributed by atoms with E-state index in [9.17, 15) is 4.79 Å². The van der Waals surface area contributed by atoms with Crippen molar-refractivity contribution >= 4 is 5.91 Å². The van der Waals surface area contributed by atoms with E-state index in [1.54, 1.807) is 19.0 Å². The van der Waals surface area contributed by atoms with Crippen molar-refractivity contribution < 1.29 is 18.7 Å². The second kappa shape index (κ2) is 8.55. The minimum Gasteiger partial charge on any atom is -0.465 e. The molecular weight excluding hydrogens is 332 g/mol. The number of ether oxygens (including phenoxy) is 2. The van der Waals surface area contributed by atoms with Gasteiger partial charge in [0.1, 0.15) is 18.1 Å². The standard InChI is InChI=1S/C20H32N2O4/c1-16-4-5-18(26-16)14-22-10-8-20(9-11-22)17(7-13-25-20)6-12-24-15-19(23)21(2)3/h4-5,17H,6-15H2,1-3H3/t17-/m0/s1. The van der Waals surface area contributed by atoms with Gasteiger partial charge in [-0.3, -0.25) is 9.69 Å². The Kier molecular flexibility index (Phi) is 6.37. The normalized spacial score (nSPS) is 22.8. The minimum absolute atomic E-state index is 0.00446. The monoisotopic (exact) mass is 364 g/mol. The number of furan rings is 1. The van der Waals surface area contributed by atoms with E-state index in [4.69, 9.17) is 13.9 Å². The third-order valence-electron chi connectivity index (χ3n) is 5.81. The molecule has 3 rings (SSSR count). The summed E-state index contributed by atoms with van der Waals surface area (Å²) in [6.45, 7) is 6.59. The Morgan fingerprint density at radius 2 is 2.12 bits per heavy atom. The first-order valence-corrected chi connectivity index (χ1v) is 9.68. The Hall–Kier alpha value is -1.37. The van der Waals surface area contributed by atoms with Gasteiger partial charge < -0.3 is 18.8 Å². The molecule has 0 unspecified atom stereocenters. The van der Waals surface area contributed by atoms with Crippen molar-refractivity contribution in [3.63, 3.8) is 0 Å². The van der Waals surface area contributed by atoms with Gasteiger partial charge in [0.2, 0.25) is 5.91 Å². The molecule has 2 saturated heterocycles. The Morgan fingerprint density at radius 3 is 2.77 bits per heavy atom. The lowest BCUT2D eigenvalue weighted by atomic mass is 9.78. The molecule has 0 bridgehead atoms. The molecule has 146 valence electrons. The summed E-state index contributed by atoms with van der Waals surface area (Å²) in [6.07, 6.45) is 4.20. The summed E-state index contributed by atoms with van der Waals surface area (Å²) in [6, 6.07) is 4.10. The quantitative estimate of drug-likeness (QED) is 0.696. The molecule has 2 fully saturated rings. The van der Waals surface area contributed by atoms with Crippen LogP contribution in [0.5, 0.6) is 0 Å². The van der Waals surface area contributed by atoms with Crippen molar-refractivity contribution in [3.8, 4) is 0 Å². The summed E-state index contributed by atoms with van der Waals surface area (Å²) in [7, 11) is 3.51. The van der Waals surface area contributed by atoms with Gasteiger partial charge >= 0.3 is 0 Å². The summed E-state index contributed by atoms with van der Waals surface area (Å²) >= 11 is 0. The predicted octanol–water partition coefficient (Wildman–Crippen LogP) is 2.45. The highest BCUT2D eigenvalue weighted by molar-refractivity contribution is 5.76. The van der Waals surface area contributed by atoms with Crippen LogP contribution in [0.15, 0.2) is 16.5 Å². The number of carbonyl (C=O) groups excluding carboxylic acids is 1. The molecule has 1 spiro atoms. The van der Waals surface area contributed by atoms with Crippen molar-refractivity contribution in [2.45, 2.75) is 44.8 Å². The van der Waals surface area contributed by atoms with E-state index in [1.807, 2.05) is 13.0 Å². The topological polar surface area (TPSA) is 55.2 Å². The maximum Gasteiger partial charge on any atom is 0.248 e. The molecule has 0 aliphatic carbocycles. The Balaban J connectivity index is 1.43. The van der Waals surface area contributed by atoms with Gasteiger partial charge in [-0.2, -0.15) is 0 Å². The highest BCUT2D eigenvalue weighted by Gasteiger charge is 2.45. The number of hydrogen-bond acceptors (Lipinski definition) is 5. The van der Waals surface area contributed by atoms with Gasteiger partial charge in [0.25, 0.3) is 0 Å². The molecule has 6 nitrogen and oxygen atoms in total. The second-order valence-corrected chi connectivity index (χ2v) is 7.82. The maximum atomic E-state index is 11.6. The number of piperidine rings is 1. The number of nitrogens with zero attached hydrogens (tertiary/aromatic N) is 2. The molecule has 26 heavy (non-hydrogen) atoms. The molecule has 1 atom stereocenters. The first-order chi connectivity index (χ1) is 12.5. The van der Waals surface area contributed by atoms with E-state index in [0.29, 0.717) is 12.5 Å². The molecule has 6 heteroatoms. The number of likely N-dealkylation sites (tertiary alicyclic amines) is 1. The van der Waals surface area contributed by atoms with Crippen LogP contribution in [0.3, 0.4) is 0 Å². The largest absolute Gasteiger partial charge is 0.465 e. The van der Waals surface area contributed by atoms with E-state index in [0.717, 1.165) is 63.4 Å². The molecule has 3 heterocycles. The fourth-order valence-corrected chi connectivity index (χ4v) is 4.14. The van der Waals surface area contributed by atoms with Gasteiger partial charge in [-0.25, -0.2) is 0 Å². The zero-order chi connectivity index (χ0) is 18.6. The van der Waals surface area contributed by atoms with E-state index >= 15 is 0 Å². The predicted molar refractivity (Wildman–Crippen MR) is 98.9 cm³/mol. The summed E-state index contributed by atoms with van der Waals surface area (Å²) in [5, 5.41) is 0. The average Bonchev–Trinajstić information content (AvgIpc) is 3.20. The molecular formula is C20H32N2O4. The fourth-order valence-electron chi connectivity index (χ4n) is 4.14. The second-order valence-electron chi connectivity index (χ2n) is 7.82. The van der Waals surface area contributed by atoms with Gasteiger partial charge in [0, 0.05) is 40.4 Å². The van der Waals surface area contributed by atoms with Crippen LogP contribution in [0.4, 0.5) is 0 Å². The zero-order valence-corrected chi connectivity index (χ0v) is 16.3. The summed E-state index contributed by atoms with van der Waals surface area (Å²) < 4.78 is 17.5. The van der Waals surface area contributed by atoms with Crippen LogP contribution in [-0.2, 0) is 20.8 Å². The lowest BCUT2D eigenvalue weighted by molar-refractivity contribution is -0.133. The number of amides is 1. The SMILES string of the molecule is Cc1ccc(CN2CCC3(CC2)OCC[C@@H]3CCOCC(=O)N(C)C)o1.